The zero-order valence-electron chi connectivity index (χ0n) is 31.4. The molecule has 24 heteroatoms. The molecule has 2 aliphatic heterocycles. The number of benzene rings is 2. The highest BCUT2D eigenvalue weighted by molar-refractivity contribution is 7.45. The van der Waals surface area contributed by atoms with Crippen LogP contribution >= 0.6 is 23.5 Å². The first-order valence-electron chi connectivity index (χ1n) is 16.9. The van der Waals surface area contributed by atoms with Crippen molar-refractivity contribution in [2.24, 2.45) is 5.41 Å². The number of hydrogen-bond donors (Lipinski definition) is 10. The van der Waals surface area contributed by atoms with Crippen LogP contribution in [0, 0.1) is 5.41 Å². The number of carbonyl (C=O) groups excluding carboxylic acids is 3. The Morgan fingerprint density at radius 3 is 1.88 bits per heavy atom. The van der Waals surface area contributed by atoms with Crippen LogP contribution in [-0.2, 0) is 29.7 Å². The summed E-state index contributed by atoms with van der Waals surface area (Å²) in [5, 5.41) is 3.64. The van der Waals surface area contributed by atoms with Crippen molar-refractivity contribution in [3.05, 3.63) is 83.7 Å². The van der Waals surface area contributed by atoms with E-state index in [4.69, 9.17) is 62.5 Å². The van der Waals surface area contributed by atoms with Crippen LogP contribution in [0.25, 0.3) is 0 Å². The molecule has 2 aromatic carbocycles. The Hall–Kier alpha value is -3.91. The predicted octanol–water partition coefficient (Wildman–Crippen LogP) is 1.45. The molecule has 3 amide bonds. The molecule has 0 saturated carbocycles. The van der Waals surface area contributed by atoms with Gasteiger partial charge in [0.15, 0.2) is 0 Å². The number of hydrogen-bond acceptors (Lipinski definition) is 9. The van der Waals surface area contributed by atoms with Crippen molar-refractivity contribution in [2.75, 3.05) is 50.1 Å². The Balaban J connectivity index is 0.000000638. The zero-order chi connectivity index (χ0) is 43.4. The molecule has 0 aliphatic carbocycles. The van der Waals surface area contributed by atoms with Gasteiger partial charge < -0.3 is 68.8 Å². The number of pyridine rings is 1. The molecule has 316 valence electrons. The van der Waals surface area contributed by atoms with E-state index in [9.17, 15) is 14.4 Å². The van der Waals surface area contributed by atoms with Gasteiger partial charge >= 0.3 is 23.5 Å². The number of nitrogens with zero attached hydrogens (tertiary/aromatic N) is 4. The highest BCUT2D eigenvalue weighted by Gasteiger charge is 2.44. The van der Waals surface area contributed by atoms with Gasteiger partial charge in [0.05, 0.1) is 18.0 Å². The van der Waals surface area contributed by atoms with Crippen LogP contribution in [-0.4, -0.2) is 112 Å². The Kier molecular flexibility index (Phi) is 18.3. The van der Waals surface area contributed by atoms with Crippen molar-refractivity contribution >= 4 is 52.6 Å². The summed E-state index contributed by atoms with van der Waals surface area (Å²) < 4.78 is 32.7. The van der Waals surface area contributed by atoms with Crippen LogP contribution in [0.4, 0.5) is 11.4 Å². The van der Waals surface area contributed by atoms with Gasteiger partial charge in [-0.15, -0.1) is 0 Å². The third-order valence-corrected chi connectivity index (χ3v) is 8.31. The minimum absolute atomic E-state index is 0.0709. The summed E-state index contributed by atoms with van der Waals surface area (Å²) in [5.41, 5.74) is 3.24. The number of rotatable bonds is 10. The largest absolute Gasteiger partial charge is 0.493 e. The van der Waals surface area contributed by atoms with E-state index in [1.54, 1.807) is 45.2 Å². The first kappa shape index (κ1) is 49.2. The standard InChI is InChI=1S/C33H39N5O4.3H3O4P/c1-33(2)31(40)36(3)28-11-10-25(22-29(28)37(4)32(33)41)42-21-7-16-35-27(24-12-17-34-18-13-24)15-20-38-19-14-23-8-5-6-9-26(23)30(38)39;3*1-5(2,3)4/h5-6,8-13,17-18,22,27,35H,7,14-16,19-21H2,1-4H3;3*(H3,1,2,3,4). The van der Waals surface area contributed by atoms with Gasteiger partial charge in [-0.05, 0) is 81.1 Å². The number of ether oxygens (including phenoxy) is 1. The predicted molar refractivity (Wildman–Crippen MR) is 206 cm³/mol. The summed E-state index contributed by atoms with van der Waals surface area (Å²) in [6.45, 7) is 5.91. The first-order valence-corrected chi connectivity index (χ1v) is 21.6. The van der Waals surface area contributed by atoms with Crippen LogP contribution in [0.2, 0.25) is 0 Å². The molecule has 0 saturated heterocycles. The first-order chi connectivity index (χ1) is 26.2. The molecule has 2 aliphatic rings. The number of fused-ring (bicyclic) bond motifs is 2. The minimum atomic E-state index is -4.64. The summed E-state index contributed by atoms with van der Waals surface area (Å²) >= 11 is 0. The maximum absolute atomic E-state index is 13.1. The Bertz CT molecular complexity index is 1900. The van der Waals surface area contributed by atoms with Gasteiger partial charge in [0.1, 0.15) is 11.2 Å². The lowest BCUT2D eigenvalue weighted by atomic mass is 9.90. The van der Waals surface area contributed by atoms with Gasteiger partial charge in [-0.3, -0.25) is 19.4 Å². The van der Waals surface area contributed by atoms with Crippen molar-refractivity contribution in [2.45, 2.75) is 39.2 Å². The second-order valence-corrected chi connectivity index (χ2v) is 16.1. The number of amides is 3. The van der Waals surface area contributed by atoms with Crippen LogP contribution in [0.5, 0.6) is 5.75 Å². The molecule has 1 atom stereocenters. The number of nitrogens with one attached hydrogen (secondary N) is 1. The van der Waals surface area contributed by atoms with Gasteiger partial charge in [0.25, 0.3) is 5.91 Å². The molecule has 0 fully saturated rings. The number of carbonyl (C=O) groups is 3. The lowest BCUT2D eigenvalue weighted by molar-refractivity contribution is -0.137. The van der Waals surface area contributed by atoms with E-state index in [2.05, 4.69) is 10.3 Å². The molecule has 3 aromatic rings. The molecule has 5 rings (SSSR count). The number of phosphoric acid groups is 3. The molecule has 57 heavy (non-hydrogen) atoms. The Labute approximate surface area is 328 Å². The second kappa shape index (κ2) is 21.2. The van der Waals surface area contributed by atoms with Gasteiger partial charge in [0.2, 0.25) is 11.8 Å². The lowest BCUT2D eigenvalue weighted by Gasteiger charge is -2.30. The molecule has 0 spiro atoms. The third-order valence-electron chi connectivity index (χ3n) is 8.31. The molecule has 3 heterocycles. The average molecular weight is 864 g/mol. The van der Waals surface area contributed by atoms with E-state index in [1.807, 2.05) is 59.5 Å². The Morgan fingerprint density at radius 1 is 0.789 bits per heavy atom. The van der Waals surface area contributed by atoms with E-state index >= 15 is 0 Å². The summed E-state index contributed by atoms with van der Waals surface area (Å²) in [4.78, 5) is 113. The maximum Gasteiger partial charge on any atom is 0.466 e. The maximum atomic E-state index is 13.1. The second-order valence-electron chi connectivity index (χ2n) is 13.0. The molecule has 10 N–H and O–H groups in total. The van der Waals surface area contributed by atoms with Crippen LogP contribution < -0.4 is 19.9 Å². The molecule has 0 bridgehead atoms. The van der Waals surface area contributed by atoms with Crippen molar-refractivity contribution < 1.29 is 76.9 Å². The quantitative estimate of drug-likeness (QED) is 0.0783. The SMILES string of the molecule is CN1C(=O)C(C)(C)C(=O)N(C)c2cc(OCCCNC(CCN3CCc4ccccc4C3=O)c3ccncc3)ccc21.O=P(O)(O)O.O=P(O)(O)O.O=P(O)(O)O. The number of anilines is 2. The molecule has 1 unspecified atom stereocenters. The summed E-state index contributed by atoms with van der Waals surface area (Å²) in [5.74, 6) is 0.252. The van der Waals surface area contributed by atoms with E-state index in [-0.39, 0.29) is 23.8 Å². The normalized spacial score (nSPS) is 15.7. The van der Waals surface area contributed by atoms with Gasteiger partial charge in [-0.1, -0.05) is 18.2 Å². The van der Waals surface area contributed by atoms with Gasteiger partial charge in [-0.2, -0.15) is 0 Å². The lowest BCUT2D eigenvalue weighted by Crippen LogP contribution is -2.46. The van der Waals surface area contributed by atoms with Crippen LogP contribution in [0.1, 0.15) is 54.2 Å². The van der Waals surface area contributed by atoms with E-state index in [0.717, 1.165) is 49.0 Å². The summed E-state index contributed by atoms with van der Waals surface area (Å²) in [6, 6.07) is 17.4. The molecule has 0 radical (unpaired) electrons. The monoisotopic (exact) mass is 863 g/mol. The van der Waals surface area contributed by atoms with Crippen molar-refractivity contribution in [1.29, 1.82) is 0 Å². The Morgan fingerprint density at radius 2 is 1.32 bits per heavy atom. The van der Waals surface area contributed by atoms with E-state index in [0.29, 0.717) is 30.3 Å². The number of aromatic nitrogens is 1. The summed E-state index contributed by atoms with van der Waals surface area (Å²) in [6.07, 6.45) is 6.01. The van der Waals surface area contributed by atoms with E-state index < -0.39 is 28.9 Å². The fraction of sp³-hybridized carbons (Fsp3) is 0.394. The summed E-state index contributed by atoms with van der Waals surface area (Å²) in [7, 11) is -10.5. The molecule has 21 nitrogen and oxygen atoms in total. The van der Waals surface area contributed by atoms with Gasteiger partial charge in [0, 0.05) is 57.3 Å². The minimum Gasteiger partial charge on any atom is -0.493 e. The van der Waals surface area contributed by atoms with Crippen LogP contribution in [0.3, 0.4) is 0 Å². The molecule has 1 aromatic heterocycles. The third kappa shape index (κ3) is 17.6. The highest BCUT2D eigenvalue weighted by atomic mass is 31.2. The van der Waals surface area contributed by atoms with Crippen molar-refractivity contribution in [3.8, 4) is 5.75 Å². The van der Waals surface area contributed by atoms with Crippen molar-refractivity contribution in [3.63, 3.8) is 0 Å². The van der Waals surface area contributed by atoms with Crippen molar-refractivity contribution in [1.82, 2.24) is 15.2 Å². The fourth-order valence-corrected chi connectivity index (χ4v) is 5.79. The smallest absolute Gasteiger partial charge is 0.466 e. The highest BCUT2D eigenvalue weighted by Crippen LogP contribution is 2.39. The fourth-order valence-electron chi connectivity index (χ4n) is 5.79. The zero-order valence-corrected chi connectivity index (χ0v) is 34.1. The topological polar surface area (TPSA) is 328 Å². The van der Waals surface area contributed by atoms with Crippen LogP contribution in [0.15, 0.2) is 67.0 Å². The average Bonchev–Trinajstić information content (AvgIpc) is 3.14. The molecular weight excluding hydrogens is 815 g/mol. The van der Waals surface area contributed by atoms with Gasteiger partial charge in [-0.25, -0.2) is 13.7 Å². The molecular formula is C33H48N5O16P3. The van der Waals surface area contributed by atoms with E-state index in [1.165, 1.54) is 4.90 Å².